The summed E-state index contributed by atoms with van der Waals surface area (Å²) in [5.41, 5.74) is 0. The third kappa shape index (κ3) is 4.63. The van der Waals surface area contributed by atoms with Crippen LogP contribution in [0.4, 0.5) is 5.13 Å². The van der Waals surface area contributed by atoms with E-state index in [9.17, 15) is 9.59 Å². The number of nitrogens with one attached hydrogen (secondary N) is 2. The van der Waals surface area contributed by atoms with Crippen molar-refractivity contribution in [3.63, 3.8) is 0 Å². The van der Waals surface area contributed by atoms with Crippen molar-refractivity contribution in [2.75, 3.05) is 11.9 Å². The van der Waals surface area contributed by atoms with E-state index in [1.54, 1.807) is 11.6 Å². The molecule has 1 aromatic heterocycles. The van der Waals surface area contributed by atoms with Crippen LogP contribution in [0.1, 0.15) is 38.5 Å². The Morgan fingerprint density at radius 2 is 2.05 bits per heavy atom. The summed E-state index contributed by atoms with van der Waals surface area (Å²) in [6.45, 7) is 0.578. The summed E-state index contributed by atoms with van der Waals surface area (Å²) in [6, 6.07) is 0. The van der Waals surface area contributed by atoms with E-state index in [0.717, 1.165) is 6.42 Å². The van der Waals surface area contributed by atoms with Crippen LogP contribution < -0.4 is 10.6 Å². The lowest BCUT2D eigenvalue weighted by molar-refractivity contribution is -0.136. The standard InChI is InChI=1S/C13H19N3O2S/c17-11(12(18)16-13-15-8-9-19-13)14-7-6-10-4-2-1-3-5-10/h8-10H,1-7H2,(H,14,17)(H,15,16,18). The minimum absolute atomic E-state index is 0.451. The molecule has 0 radical (unpaired) electrons. The summed E-state index contributed by atoms with van der Waals surface area (Å²) < 4.78 is 0. The topological polar surface area (TPSA) is 71.1 Å². The molecule has 1 fully saturated rings. The Kier molecular flexibility index (Phi) is 5.32. The molecule has 0 unspecified atom stereocenters. The third-order valence-corrected chi connectivity index (χ3v) is 4.11. The first-order chi connectivity index (χ1) is 9.25. The van der Waals surface area contributed by atoms with Gasteiger partial charge in [-0.3, -0.25) is 14.9 Å². The van der Waals surface area contributed by atoms with Crippen LogP contribution in [0.15, 0.2) is 11.6 Å². The number of hydrogen-bond acceptors (Lipinski definition) is 4. The number of nitrogens with zero attached hydrogens (tertiary/aromatic N) is 1. The first-order valence-corrected chi connectivity index (χ1v) is 7.62. The van der Waals surface area contributed by atoms with E-state index in [0.29, 0.717) is 17.6 Å². The molecule has 1 aliphatic carbocycles. The van der Waals surface area contributed by atoms with Crippen molar-refractivity contribution in [3.05, 3.63) is 11.6 Å². The van der Waals surface area contributed by atoms with Gasteiger partial charge in [-0.15, -0.1) is 11.3 Å². The number of rotatable bonds is 4. The van der Waals surface area contributed by atoms with Gasteiger partial charge in [0.25, 0.3) is 0 Å². The Bertz CT molecular complexity index is 414. The van der Waals surface area contributed by atoms with Crippen LogP contribution in [-0.2, 0) is 9.59 Å². The van der Waals surface area contributed by atoms with Gasteiger partial charge >= 0.3 is 11.8 Å². The van der Waals surface area contributed by atoms with Crippen molar-refractivity contribution in [1.29, 1.82) is 0 Å². The Morgan fingerprint density at radius 3 is 2.74 bits per heavy atom. The van der Waals surface area contributed by atoms with E-state index in [4.69, 9.17) is 0 Å². The van der Waals surface area contributed by atoms with Gasteiger partial charge in [0.2, 0.25) is 0 Å². The number of thiazole rings is 1. The average molecular weight is 281 g/mol. The highest BCUT2D eigenvalue weighted by atomic mass is 32.1. The first-order valence-electron chi connectivity index (χ1n) is 6.74. The molecule has 2 amide bonds. The maximum atomic E-state index is 11.6. The van der Waals surface area contributed by atoms with Gasteiger partial charge < -0.3 is 5.32 Å². The molecule has 6 heteroatoms. The van der Waals surface area contributed by atoms with Gasteiger partial charge in [0.15, 0.2) is 5.13 Å². The van der Waals surface area contributed by atoms with Crippen LogP contribution in [0.3, 0.4) is 0 Å². The molecule has 2 N–H and O–H groups in total. The largest absolute Gasteiger partial charge is 0.348 e. The van der Waals surface area contributed by atoms with Gasteiger partial charge in [0.1, 0.15) is 0 Å². The second kappa shape index (κ2) is 7.23. The molecule has 0 atom stereocenters. The fraction of sp³-hybridized carbons (Fsp3) is 0.615. The molecule has 5 nitrogen and oxygen atoms in total. The van der Waals surface area contributed by atoms with Crippen LogP contribution >= 0.6 is 11.3 Å². The maximum Gasteiger partial charge on any atom is 0.315 e. The summed E-state index contributed by atoms with van der Waals surface area (Å²) in [6.07, 6.45) is 8.98. The van der Waals surface area contributed by atoms with Gasteiger partial charge in [-0.1, -0.05) is 32.1 Å². The molecule has 19 heavy (non-hydrogen) atoms. The van der Waals surface area contributed by atoms with E-state index >= 15 is 0 Å². The monoisotopic (exact) mass is 281 g/mol. The lowest BCUT2D eigenvalue weighted by atomic mass is 9.87. The lowest BCUT2D eigenvalue weighted by Gasteiger charge is -2.21. The smallest absolute Gasteiger partial charge is 0.315 e. The second-order valence-electron chi connectivity index (χ2n) is 4.84. The predicted octanol–water partition coefficient (Wildman–Crippen LogP) is 2.17. The highest BCUT2D eigenvalue weighted by molar-refractivity contribution is 7.13. The number of carbonyl (C=O) groups excluding carboxylic acids is 2. The van der Waals surface area contributed by atoms with Crippen LogP contribution in [0, 0.1) is 5.92 Å². The number of anilines is 1. The van der Waals surface area contributed by atoms with Crippen molar-refractivity contribution in [2.24, 2.45) is 5.92 Å². The van der Waals surface area contributed by atoms with Crippen molar-refractivity contribution in [2.45, 2.75) is 38.5 Å². The van der Waals surface area contributed by atoms with Crippen molar-refractivity contribution >= 4 is 28.3 Å². The molecule has 0 aliphatic heterocycles. The van der Waals surface area contributed by atoms with E-state index in [1.165, 1.54) is 43.4 Å². The normalized spacial score (nSPS) is 16.0. The molecule has 1 aliphatic rings. The van der Waals surface area contributed by atoms with E-state index in [1.807, 2.05) is 0 Å². The molecule has 0 bridgehead atoms. The lowest BCUT2D eigenvalue weighted by Crippen LogP contribution is -2.36. The summed E-state index contributed by atoms with van der Waals surface area (Å²) in [7, 11) is 0. The predicted molar refractivity (Wildman–Crippen MR) is 74.9 cm³/mol. The number of aromatic nitrogens is 1. The minimum atomic E-state index is -0.640. The van der Waals surface area contributed by atoms with E-state index in [2.05, 4.69) is 15.6 Å². The first kappa shape index (κ1) is 14.0. The summed E-state index contributed by atoms with van der Waals surface area (Å²) >= 11 is 1.29. The zero-order chi connectivity index (χ0) is 13.5. The fourth-order valence-corrected chi connectivity index (χ4v) is 2.91. The molecular weight excluding hydrogens is 262 g/mol. The Hall–Kier alpha value is -1.43. The quantitative estimate of drug-likeness (QED) is 0.831. The van der Waals surface area contributed by atoms with Crippen LogP contribution in [0.2, 0.25) is 0 Å². The summed E-state index contributed by atoms with van der Waals surface area (Å²) in [5.74, 6) is -0.513. The Balaban J connectivity index is 1.64. The van der Waals surface area contributed by atoms with Gasteiger partial charge in [0.05, 0.1) is 0 Å². The van der Waals surface area contributed by atoms with Crippen molar-refractivity contribution < 1.29 is 9.59 Å². The zero-order valence-corrected chi connectivity index (χ0v) is 11.7. The molecular formula is C13H19N3O2S. The van der Waals surface area contributed by atoms with Crippen LogP contribution in [-0.4, -0.2) is 23.3 Å². The van der Waals surface area contributed by atoms with Crippen molar-refractivity contribution in [1.82, 2.24) is 10.3 Å². The molecule has 1 saturated carbocycles. The molecule has 104 valence electrons. The summed E-state index contributed by atoms with van der Waals surface area (Å²) in [4.78, 5) is 27.0. The van der Waals surface area contributed by atoms with E-state index < -0.39 is 11.8 Å². The third-order valence-electron chi connectivity index (χ3n) is 3.42. The van der Waals surface area contributed by atoms with Gasteiger partial charge in [-0.25, -0.2) is 4.98 Å². The van der Waals surface area contributed by atoms with Gasteiger partial charge in [0, 0.05) is 18.1 Å². The second-order valence-corrected chi connectivity index (χ2v) is 5.73. The molecule has 0 spiro atoms. The molecule has 1 aromatic rings. The van der Waals surface area contributed by atoms with Crippen LogP contribution in [0.5, 0.6) is 0 Å². The maximum absolute atomic E-state index is 11.6. The Morgan fingerprint density at radius 1 is 1.26 bits per heavy atom. The number of carbonyl (C=O) groups is 2. The molecule has 2 rings (SSSR count). The Labute approximate surface area is 116 Å². The SMILES string of the molecule is O=C(NCCC1CCCCC1)C(=O)Nc1nccs1. The number of hydrogen-bond donors (Lipinski definition) is 2. The summed E-state index contributed by atoms with van der Waals surface area (Å²) in [5, 5.41) is 7.33. The van der Waals surface area contributed by atoms with Crippen molar-refractivity contribution in [3.8, 4) is 0 Å². The van der Waals surface area contributed by atoms with Gasteiger partial charge in [-0.2, -0.15) is 0 Å². The molecule has 1 heterocycles. The highest BCUT2D eigenvalue weighted by Gasteiger charge is 2.16. The minimum Gasteiger partial charge on any atom is -0.348 e. The average Bonchev–Trinajstić information content (AvgIpc) is 2.92. The molecule has 0 saturated heterocycles. The molecule has 0 aromatic carbocycles. The van der Waals surface area contributed by atoms with Gasteiger partial charge in [-0.05, 0) is 12.3 Å². The fourth-order valence-electron chi connectivity index (χ4n) is 2.38. The zero-order valence-electron chi connectivity index (χ0n) is 10.9. The van der Waals surface area contributed by atoms with Crippen LogP contribution in [0.25, 0.3) is 0 Å². The number of amides is 2. The van der Waals surface area contributed by atoms with E-state index in [-0.39, 0.29) is 0 Å². The highest BCUT2D eigenvalue weighted by Crippen LogP contribution is 2.25.